The lowest BCUT2D eigenvalue weighted by Crippen LogP contribution is -1.90. The molecule has 0 nitrogen and oxygen atoms in total. The van der Waals surface area contributed by atoms with E-state index in [4.69, 9.17) is 0 Å². The molecule has 0 aromatic carbocycles. The van der Waals surface area contributed by atoms with Gasteiger partial charge in [0.2, 0.25) is 0 Å². The first kappa shape index (κ1) is 15.3. The zero-order chi connectivity index (χ0) is 11.4. The second kappa shape index (κ2) is 12.4. The van der Waals surface area contributed by atoms with Crippen LogP contribution in [0.15, 0.2) is 0 Å². The molecule has 0 N–H and O–H groups in total. The minimum Gasteiger partial charge on any atom is -0.159 e. The average molecular weight is 229 g/mol. The van der Waals surface area contributed by atoms with E-state index in [-0.39, 0.29) is 0 Å². The van der Waals surface area contributed by atoms with Crippen LogP contribution in [0.1, 0.15) is 71.6 Å². The topological polar surface area (TPSA) is 0 Å². The lowest BCUT2D eigenvalue weighted by atomic mass is 10.1. The van der Waals surface area contributed by atoms with Crippen molar-refractivity contribution in [3.63, 3.8) is 0 Å². The Bertz CT molecular complexity index is 110. The number of thioether (sulfide) groups is 1. The lowest BCUT2D eigenvalue weighted by Gasteiger charge is -2.04. The first-order valence-corrected chi connectivity index (χ1v) is 7.73. The molecule has 0 atom stereocenters. The van der Waals surface area contributed by atoms with Crippen molar-refractivity contribution in [2.75, 3.05) is 5.75 Å². The molecular weight excluding hydrogens is 200 g/mol. The summed E-state index contributed by atoms with van der Waals surface area (Å²) in [6.07, 6.45) is 12.5. The predicted octanol–water partition coefficient (Wildman–Crippen LogP) is 5.47. The van der Waals surface area contributed by atoms with Crippen molar-refractivity contribution in [2.45, 2.75) is 76.9 Å². The van der Waals surface area contributed by atoms with Gasteiger partial charge in [-0.3, -0.25) is 0 Å². The SMILES string of the molecule is [CH2]CCCCCCCCCCSC(C)C. The summed E-state index contributed by atoms with van der Waals surface area (Å²) in [7, 11) is 0. The molecule has 1 heteroatoms. The molecule has 0 fully saturated rings. The van der Waals surface area contributed by atoms with E-state index >= 15 is 0 Å². The fourth-order valence-electron chi connectivity index (χ4n) is 1.66. The molecular formula is C14H29S. The Hall–Kier alpha value is 0.350. The summed E-state index contributed by atoms with van der Waals surface area (Å²) in [5.74, 6) is 1.36. The second-order valence-corrected chi connectivity index (χ2v) is 6.29. The Morgan fingerprint density at radius 3 is 1.73 bits per heavy atom. The Labute approximate surface area is 102 Å². The minimum absolute atomic E-state index is 0.813. The highest BCUT2D eigenvalue weighted by Gasteiger charge is 1.94. The first-order chi connectivity index (χ1) is 7.27. The lowest BCUT2D eigenvalue weighted by molar-refractivity contribution is 0.578. The van der Waals surface area contributed by atoms with E-state index in [9.17, 15) is 0 Å². The van der Waals surface area contributed by atoms with E-state index in [0.717, 1.165) is 11.7 Å². The van der Waals surface area contributed by atoms with E-state index in [1.165, 1.54) is 57.1 Å². The van der Waals surface area contributed by atoms with E-state index in [2.05, 4.69) is 32.5 Å². The molecule has 0 heterocycles. The van der Waals surface area contributed by atoms with Gasteiger partial charge in [-0.15, -0.1) is 0 Å². The maximum Gasteiger partial charge on any atom is -0.000968 e. The second-order valence-electron chi connectivity index (χ2n) is 4.60. The Kier molecular flexibility index (Phi) is 12.7. The van der Waals surface area contributed by atoms with Gasteiger partial charge in [0.15, 0.2) is 0 Å². The van der Waals surface area contributed by atoms with E-state index < -0.39 is 0 Å². The average Bonchev–Trinajstić information content (AvgIpc) is 2.20. The molecule has 91 valence electrons. The van der Waals surface area contributed by atoms with Gasteiger partial charge in [-0.05, 0) is 17.4 Å². The number of unbranched alkanes of at least 4 members (excludes halogenated alkanes) is 8. The highest BCUT2D eigenvalue weighted by molar-refractivity contribution is 7.99. The normalized spacial score (nSPS) is 11.2. The smallest absolute Gasteiger partial charge is 0.000968 e. The Morgan fingerprint density at radius 2 is 1.27 bits per heavy atom. The zero-order valence-corrected chi connectivity index (χ0v) is 11.6. The minimum atomic E-state index is 0.813. The summed E-state index contributed by atoms with van der Waals surface area (Å²) in [4.78, 5) is 0. The number of rotatable bonds is 11. The van der Waals surface area contributed by atoms with Crippen LogP contribution in [0.4, 0.5) is 0 Å². The summed E-state index contributed by atoms with van der Waals surface area (Å²) in [5.41, 5.74) is 0. The summed E-state index contributed by atoms with van der Waals surface area (Å²) in [6.45, 7) is 8.44. The van der Waals surface area contributed by atoms with E-state index in [1.807, 2.05) is 0 Å². The van der Waals surface area contributed by atoms with Crippen LogP contribution >= 0.6 is 11.8 Å². The van der Waals surface area contributed by atoms with Crippen molar-refractivity contribution >= 4 is 11.8 Å². The summed E-state index contributed by atoms with van der Waals surface area (Å²) < 4.78 is 0. The van der Waals surface area contributed by atoms with Gasteiger partial charge >= 0.3 is 0 Å². The van der Waals surface area contributed by atoms with Crippen LogP contribution in [0, 0.1) is 6.92 Å². The molecule has 1 radical (unpaired) electrons. The molecule has 0 aliphatic carbocycles. The molecule has 0 spiro atoms. The van der Waals surface area contributed by atoms with Gasteiger partial charge in [0, 0.05) is 0 Å². The molecule has 0 bridgehead atoms. The Balaban J connectivity index is 2.87. The van der Waals surface area contributed by atoms with Gasteiger partial charge in [-0.25, -0.2) is 0 Å². The van der Waals surface area contributed by atoms with Gasteiger partial charge in [0.1, 0.15) is 0 Å². The van der Waals surface area contributed by atoms with Gasteiger partial charge in [0.05, 0.1) is 0 Å². The number of hydrogen-bond acceptors (Lipinski definition) is 1. The van der Waals surface area contributed by atoms with Crippen molar-refractivity contribution in [1.82, 2.24) is 0 Å². The summed E-state index contributed by atoms with van der Waals surface area (Å²) in [6, 6.07) is 0. The van der Waals surface area contributed by atoms with E-state index in [1.54, 1.807) is 0 Å². The molecule has 0 unspecified atom stereocenters. The summed E-state index contributed by atoms with van der Waals surface area (Å²) >= 11 is 2.10. The van der Waals surface area contributed by atoms with Crippen LogP contribution in [0.25, 0.3) is 0 Å². The first-order valence-electron chi connectivity index (χ1n) is 6.68. The van der Waals surface area contributed by atoms with E-state index in [0.29, 0.717) is 0 Å². The number of hydrogen-bond donors (Lipinski definition) is 0. The van der Waals surface area contributed by atoms with Crippen molar-refractivity contribution in [2.24, 2.45) is 0 Å². The molecule has 0 rings (SSSR count). The monoisotopic (exact) mass is 229 g/mol. The predicted molar refractivity (Wildman–Crippen MR) is 74.5 cm³/mol. The fraction of sp³-hybridized carbons (Fsp3) is 0.929. The summed E-state index contributed by atoms with van der Waals surface area (Å²) in [5, 5.41) is 0.813. The van der Waals surface area contributed by atoms with Gasteiger partial charge in [-0.2, -0.15) is 11.8 Å². The maximum atomic E-state index is 3.87. The van der Waals surface area contributed by atoms with Crippen LogP contribution in [0.2, 0.25) is 0 Å². The molecule has 0 aliphatic heterocycles. The van der Waals surface area contributed by atoms with Crippen LogP contribution in [-0.2, 0) is 0 Å². The zero-order valence-electron chi connectivity index (χ0n) is 10.8. The third-order valence-electron chi connectivity index (χ3n) is 2.60. The molecule has 0 amide bonds. The van der Waals surface area contributed by atoms with Gasteiger partial charge in [0.25, 0.3) is 0 Å². The Morgan fingerprint density at radius 1 is 0.800 bits per heavy atom. The standard InChI is InChI=1S/C14H29S/c1-4-5-6-7-8-9-10-11-12-13-15-14(2)3/h14H,1,4-13H2,2-3H3. The van der Waals surface area contributed by atoms with Crippen molar-refractivity contribution < 1.29 is 0 Å². The van der Waals surface area contributed by atoms with Crippen molar-refractivity contribution in [3.8, 4) is 0 Å². The molecule has 0 aromatic rings. The van der Waals surface area contributed by atoms with Crippen LogP contribution in [-0.4, -0.2) is 11.0 Å². The molecule has 0 aliphatic rings. The molecule has 0 saturated carbocycles. The fourth-order valence-corrected chi connectivity index (χ4v) is 2.50. The third-order valence-corrected chi connectivity index (χ3v) is 3.79. The third kappa shape index (κ3) is 14.4. The van der Waals surface area contributed by atoms with Crippen LogP contribution in [0.3, 0.4) is 0 Å². The van der Waals surface area contributed by atoms with Crippen LogP contribution < -0.4 is 0 Å². The molecule has 0 aromatic heterocycles. The largest absolute Gasteiger partial charge is 0.159 e. The maximum absolute atomic E-state index is 3.87. The van der Waals surface area contributed by atoms with Crippen LogP contribution in [0.5, 0.6) is 0 Å². The highest BCUT2D eigenvalue weighted by Crippen LogP contribution is 2.14. The molecule has 0 saturated heterocycles. The van der Waals surface area contributed by atoms with Gasteiger partial charge in [-0.1, -0.05) is 72.1 Å². The molecule has 15 heavy (non-hydrogen) atoms. The van der Waals surface area contributed by atoms with Gasteiger partial charge < -0.3 is 0 Å². The van der Waals surface area contributed by atoms with Crippen molar-refractivity contribution in [1.29, 1.82) is 0 Å². The quantitative estimate of drug-likeness (QED) is 0.423. The van der Waals surface area contributed by atoms with Crippen molar-refractivity contribution in [3.05, 3.63) is 6.92 Å². The highest BCUT2D eigenvalue weighted by atomic mass is 32.2.